The Morgan fingerprint density at radius 2 is 1.54 bits per heavy atom. The quantitative estimate of drug-likeness (QED) is 0.544. The average molecular weight is 396 g/mol. The molecule has 0 aromatic heterocycles. The van der Waals surface area contributed by atoms with Gasteiger partial charge in [0.2, 0.25) is 0 Å². The normalized spacial score (nSPS) is 11.6. The Labute approximate surface area is 170 Å². The fourth-order valence-electron chi connectivity index (χ4n) is 2.74. The number of hydrogen-bond acceptors (Lipinski definition) is 3. The van der Waals surface area contributed by atoms with E-state index in [1.807, 2.05) is 68.4 Å². The molecule has 0 unspecified atom stereocenters. The number of amides is 1. The highest BCUT2D eigenvalue weighted by molar-refractivity contribution is 6.32. The summed E-state index contributed by atoms with van der Waals surface area (Å²) in [7, 11) is 0. The van der Waals surface area contributed by atoms with E-state index in [0.717, 1.165) is 11.1 Å². The molecule has 0 heterocycles. The summed E-state index contributed by atoms with van der Waals surface area (Å²) in [5.41, 5.74) is 2.40. The summed E-state index contributed by atoms with van der Waals surface area (Å²) in [5.74, 6) is 1.60. The standard InChI is InChI=1S/C23H22ClNO3/c1-15-13-19(14-16(2)22(15)24)27-17(3)23(26)25-20-11-7-8-12-21(20)28-18-9-5-4-6-10-18/h4-14,17H,1-3H3,(H,25,26)/t17-/m0/s1. The van der Waals surface area contributed by atoms with Gasteiger partial charge in [0.15, 0.2) is 11.9 Å². The van der Waals surface area contributed by atoms with Gasteiger partial charge in [0.25, 0.3) is 5.91 Å². The third kappa shape index (κ3) is 4.84. The van der Waals surface area contributed by atoms with Gasteiger partial charge >= 0.3 is 0 Å². The van der Waals surface area contributed by atoms with Gasteiger partial charge in [-0.3, -0.25) is 4.79 Å². The number of para-hydroxylation sites is 3. The van der Waals surface area contributed by atoms with Crippen molar-refractivity contribution >= 4 is 23.2 Å². The third-order valence-corrected chi connectivity index (χ3v) is 4.80. The molecule has 0 aliphatic heterocycles. The van der Waals surface area contributed by atoms with E-state index in [4.69, 9.17) is 21.1 Å². The molecule has 0 aliphatic carbocycles. The minimum atomic E-state index is -0.690. The Morgan fingerprint density at radius 3 is 2.21 bits per heavy atom. The molecule has 3 rings (SSSR count). The van der Waals surface area contributed by atoms with Crippen LogP contribution in [0.2, 0.25) is 5.02 Å². The molecule has 0 spiro atoms. The van der Waals surface area contributed by atoms with Crippen LogP contribution >= 0.6 is 11.6 Å². The smallest absolute Gasteiger partial charge is 0.265 e. The molecule has 0 fully saturated rings. The number of rotatable bonds is 6. The van der Waals surface area contributed by atoms with Crippen LogP contribution in [0.3, 0.4) is 0 Å². The van der Waals surface area contributed by atoms with Crippen LogP contribution in [0.5, 0.6) is 17.2 Å². The Balaban J connectivity index is 1.71. The van der Waals surface area contributed by atoms with E-state index in [2.05, 4.69) is 5.32 Å². The van der Waals surface area contributed by atoms with Crippen molar-refractivity contribution in [1.29, 1.82) is 0 Å². The van der Waals surface area contributed by atoms with Gasteiger partial charge in [-0.1, -0.05) is 41.9 Å². The zero-order chi connectivity index (χ0) is 20.1. The van der Waals surface area contributed by atoms with Crippen LogP contribution in [-0.4, -0.2) is 12.0 Å². The summed E-state index contributed by atoms with van der Waals surface area (Å²) in [6, 6.07) is 20.4. The summed E-state index contributed by atoms with van der Waals surface area (Å²) >= 11 is 6.19. The molecule has 0 bridgehead atoms. The predicted octanol–water partition coefficient (Wildman–Crippen LogP) is 6.16. The maximum Gasteiger partial charge on any atom is 0.265 e. The van der Waals surface area contributed by atoms with E-state index < -0.39 is 6.10 Å². The zero-order valence-corrected chi connectivity index (χ0v) is 16.8. The Kier molecular flexibility index (Phi) is 6.22. The fraction of sp³-hybridized carbons (Fsp3) is 0.174. The highest BCUT2D eigenvalue weighted by Crippen LogP contribution is 2.30. The number of ether oxygens (including phenoxy) is 2. The van der Waals surface area contributed by atoms with Crippen LogP contribution in [-0.2, 0) is 4.79 Å². The summed E-state index contributed by atoms with van der Waals surface area (Å²) in [6.07, 6.45) is -0.690. The van der Waals surface area contributed by atoms with Crippen LogP contribution in [0.4, 0.5) is 5.69 Å². The van der Waals surface area contributed by atoms with E-state index in [9.17, 15) is 4.79 Å². The number of carbonyl (C=O) groups is 1. The second-order valence-electron chi connectivity index (χ2n) is 6.53. The number of anilines is 1. The molecule has 3 aromatic rings. The van der Waals surface area contributed by atoms with Crippen LogP contribution < -0.4 is 14.8 Å². The number of benzene rings is 3. The van der Waals surface area contributed by atoms with Gasteiger partial charge < -0.3 is 14.8 Å². The number of nitrogens with one attached hydrogen (secondary N) is 1. The highest BCUT2D eigenvalue weighted by atomic mass is 35.5. The molecule has 4 nitrogen and oxygen atoms in total. The van der Waals surface area contributed by atoms with Gasteiger partial charge in [-0.15, -0.1) is 0 Å². The van der Waals surface area contributed by atoms with Crippen molar-refractivity contribution in [3.63, 3.8) is 0 Å². The molecular formula is C23H22ClNO3. The molecule has 0 radical (unpaired) electrons. The number of aryl methyl sites for hydroxylation is 2. The minimum Gasteiger partial charge on any atom is -0.481 e. The zero-order valence-electron chi connectivity index (χ0n) is 16.0. The Bertz CT molecular complexity index is 950. The van der Waals surface area contributed by atoms with Gasteiger partial charge in [-0.2, -0.15) is 0 Å². The molecule has 1 atom stereocenters. The maximum absolute atomic E-state index is 12.6. The molecule has 0 saturated carbocycles. The Morgan fingerprint density at radius 1 is 0.929 bits per heavy atom. The van der Waals surface area contributed by atoms with Crippen molar-refractivity contribution in [3.8, 4) is 17.2 Å². The van der Waals surface area contributed by atoms with Gasteiger partial charge in [-0.05, 0) is 68.3 Å². The SMILES string of the molecule is Cc1cc(O[C@@H](C)C(=O)Nc2ccccc2Oc2ccccc2)cc(C)c1Cl. The van der Waals surface area contributed by atoms with Crippen molar-refractivity contribution < 1.29 is 14.3 Å². The van der Waals surface area contributed by atoms with Gasteiger partial charge in [0.05, 0.1) is 5.69 Å². The van der Waals surface area contributed by atoms with Gasteiger partial charge in [-0.25, -0.2) is 0 Å². The predicted molar refractivity (Wildman–Crippen MR) is 113 cm³/mol. The molecule has 28 heavy (non-hydrogen) atoms. The van der Waals surface area contributed by atoms with Crippen LogP contribution in [0.15, 0.2) is 66.7 Å². The van der Waals surface area contributed by atoms with E-state index >= 15 is 0 Å². The molecule has 0 saturated heterocycles. The van der Waals surface area contributed by atoms with Gasteiger partial charge in [0.1, 0.15) is 11.5 Å². The third-order valence-electron chi connectivity index (χ3n) is 4.21. The lowest BCUT2D eigenvalue weighted by Gasteiger charge is -2.17. The summed E-state index contributed by atoms with van der Waals surface area (Å²) < 4.78 is 11.7. The first-order chi connectivity index (χ1) is 13.4. The number of hydrogen-bond donors (Lipinski definition) is 1. The maximum atomic E-state index is 12.6. The van der Waals surface area contributed by atoms with Crippen LogP contribution in [0, 0.1) is 13.8 Å². The minimum absolute atomic E-state index is 0.269. The van der Waals surface area contributed by atoms with E-state index in [-0.39, 0.29) is 5.91 Å². The highest BCUT2D eigenvalue weighted by Gasteiger charge is 2.17. The van der Waals surface area contributed by atoms with Crippen LogP contribution in [0.1, 0.15) is 18.1 Å². The first-order valence-electron chi connectivity index (χ1n) is 9.00. The first-order valence-corrected chi connectivity index (χ1v) is 9.38. The second-order valence-corrected chi connectivity index (χ2v) is 6.91. The van der Waals surface area contributed by atoms with Crippen molar-refractivity contribution in [2.24, 2.45) is 0 Å². The topological polar surface area (TPSA) is 47.6 Å². The van der Waals surface area contributed by atoms with Gasteiger partial charge in [0, 0.05) is 5.02 Å². The van der Waals surface area contributed by atoms with Crippen molar-refractivity contribution in [1.82, 2.24) is 0 Å². The fourth-order valence-corrected chi connectivity index (χ4v) is 2.85. The molecule has 1 N–H and O–H groups in total. The Hall–Kier alpha value is -2.98. The summed E-state index contributed by atoms with van der Waals surface area (Å²) in [5, 5.41) is 3.58. The average Bonchev–Trinajstić information content (AvgIpc) is 2.68. The van der Waals surface area contributed by atoms with E-state index in [1.54, 1.807) is 19.1 Å². The second kappa shape index (κ2) is 8.81. The molecule has 3 aromatic carbocycles. The lowest BCUT2D eigenvalue weighted by atomic mass is 10.1. The van der Waals surface area contributed by atoms with E-state index in [1.165, 1.54) is 0 Å². The molecule has 1 amide bonds. The van der Waals surface area contributed by atoms with E-state index in [0.29, 0.717) is 28.0 Å². The number of carbonyl (C=O) groups excluding carboxylic acids is 1. The lowest BCUT2D eigenvalue weighted by Crippen LogP contribution is -2.30. The van der Waals surface area contributed by atoms with Crippen molar-refractivity contribution in [3.05, 3.63) is 82.9 Å². The molecule has 0 aliphatic rings. The lowest BCUT2D eigenvalue weighted by molar-refractivity contribution is -0.122. The molecule has 144 valence electrons. The monoisotopic (exact) mass is 395 g/mol. The summed E-state index contributed by atoms with van der Waals surface area (Å²) in [6.45, 7) is 5.52. The van der Waals surface area contributed by atoms with Crippen LogP contribution in [0.25, 0.3) is 0 Å². The first kappa shape index (κ1) is 19.8. The molecule has 5 heteroatoms. The van der Waals surface area contributed by atoms with Crippen molar-refractivity contribution in [2.75, 3.05) is 5.32 Å². The number of halogens is 1. The largest absolute Gasteiger partial charge is 0.481 e. The van der Waals surface area contributed by atoms with Crippen molar-refractivity contribution in [2.45, 2.75) is 26.9 Å². The molecular weight excluding hydrogens is 374 g/mol. The summed E-state index contributed by atoms with van der Waals surface area (Å²) in [4.78, 5) is 12.6.